The summed E-state index contributed by atoms with van der Waals surface area (Å²) in [5.74, 6) is -2.88. The van der Waals surface area contributed by atoms with Crippen LogP contribution in [0.3, 0.4) is 0 Å². The fraction of sp³-hybridized carbons (Fsp3) is 0. The molecule has 0 unspecified atom stereocenters. The van der Waals surface area contributed by atoms with Crippen LogP contribution in [-0.4, -0.2) is 21.0 Å². The topological polar surface area (TPSA) is 103 Å². The normalized spacial score (nSPS) is 10.1. The molecule has 0 aliphatic rings. The fourth-order valence-electron chi connectivity index (χ4n) is 1.45. The van der Waals surface area contributed by atoms with Crippen molar-refractivity contribution in [3.63, 3.8) is 0 Å². The van der Waals surface area contributed by atoms with E-state index in [-0.39, 0.29) is 11.3 Å². The molecule has 2 rings (SSSR count). The van der Waals surface area contributed by atoms with Gasteiger partial charge in [0.1, 0.15) is 5.75 Å². The summed E-state index contributed by atoms with van der Waals surface area (Å²) in [6.07, 6.45) is 2.20. The number of benzene rings is 1. The number of aromatic nitrogens is 1. The van der Waals surface area contributed by atoms with E-state index in [2.05, 4.69) is 4.98 Å². The van der Waals surface area contributed by atoms with E-state index in [0.29, 0.717) is 0 Å². The molecular weight excluding hydrogens is 271 g/mol. The Morgan fingerprint density at radius 3 is 2.80 bits per heavy atom. The maximum Gasteiger partial charge on any atom is 0.337 e. The average molecular weight is 278 g/mol. The van der Waals surface area contributed by atoms with Gasteiger partial charge >= 0.3 is 11.7 Å². The molecule has 0 spiro atoms. The van der Waals surface area contributed by atoms with Gasteiger partial charge in [-0.25, -0.2) is 9.18 Å². The minimum absolute atomic E-state index is 0.113. The van der Waals surface area contributed by atoms with Crippen LogP contribution in [0, 0.1) is 15.9 Å². The zero-order valence-corrected chi connectivity index (χ0v) is 9.82. The van der Waals surface area contributed by atoms with Gasteiger partial charge in [-0.05, 0) is 12.1 Å². The van der Waals surface area contributed by atoms with Crippen LogP contribution in [0.25, 0.3) is 0 Å². The minimum atomic E-state index is -1.24. The van der Waals surface area contributed by atoms with Crippen molar-refractivity contribution in [3.8, 4) is 11.5 Å². The molecule has 0 bridgehead atoms. The monoisotopic (exact) mass is 278 g/mol. The fourth-order valence-corrected chi connectivity index (χ4v) is 1.45. The lowest BCUT2D eigenvalue weighted by atomic mass is 10.2. The zero-order chi connectivity index (χ0) is 14.7. The maximum absolute atomic E-state index is 13.6. The molecule has 1 aromatic heterocycles. The molecule has 8 heteroatoms. The van der Waals surface area contributed by atoms with Crippen molar-refractivity contribution in [2.24, 2.45) is 0 Å². The lowest BCUT2D eigenvalue weighted by Crippen LogP contribution is -1.99. The summed E-state index contributed by atoms with van der Waals surface area (Å²) in [4.78, 5) is 24.4. The molecule has 20 heavy (non-hydrogen) atoms. The van der Waals surface area contributed by atoms with Crippen LogP contribution in [0.1, 0.15) is 10.4 Å². The molecule has 0 amide bonds. The first-order chi connectivity index (χ1) is 9.49. The molecule has 1 heterocycles. The van der Waals surface area contributed by atoms with E-state index in [9.17, 15) is 19.3 Å². The first-order valence-electron chi connectivity index (χ1n) is 5.28. The lowest BCUT2D eigenvalue weighted by Gasteiger charge is -2.07. The average Bonchev–Trinajstić information content (AvgIpc) is 2.41. The van der Waals surface area contributed by atoms with Crippen LogP contribution in [-0.2, 0) is 0 Å². The second-order valence-electron chi connectivity index (χ2n) is 3.66. The van der Waals surface area contributed by atoms with Gasteiger partial charge < -0.3 is 9.84 Å². The summed E-state index contributed by atoms with van der Waals surface area (Å²) in [6.45, 7) is 0. The van der Waals surface area contributed by atoms with Gasteiger partial charge in [-0.1, -0.05) is 6.07 Å². The number of ether oxygens (including phenoxy) is 1. The number of halogens is 1. The number of hydrogen-bond acceptors (Lipinski definition) is 5. The lowest BCUT2D eigenvalue weighted by molar-refractivity contribution is -0.385. The van der Waals surface area contributed by atoms with E-state index in [0.717, 1.165) is 30.6 Å². The number of carboxylic acid groups (broad SMARTS) is 1. The predicted octanol–water partition coefficient (Wildman–Crippen LogP) is 2.62. The molecule has 0 atom stereocenters. The van der Waals surface area contributed by atoms with Crippen molar-refractivity contribution in [2.45, 2.75) is 0 Å². The third-order valence-electron chi connectivity index (χ3n) is 2.32. The summed E-state index contributed by atoms with van der Waals surface area (Å²) >= 11 is 0. The van der Waals surface area contributed by atoms with Crippen molar-refractivity contribution >= 4 is 11.7 Å². The second-order valence-corrected chi connectivity index (χ2v) is 3.66. The maximum atomic E-state index is 13.6. The SMILES string of the molecule is O=C(O)c1cncc(Oc2c(F)cccc2[N+](=O)[O-])c1. The van der Waals surface area contributed by atoms with Crippen LogP contribution < -0.4 is 4.74 Å². The zero-order valence-electron chi connectivity index (χ0n) is 9.82. The van der Waals surface area contributed by atoms with Gasteiger partial charge in [0.25, 0.3) is 0 Å². The van der Waals surface area contributed by atoms with E-state index in [1.807, 2.05) is 0 Å². The number of carbonyl (C=O) groups is 1. The summed E-state index contributed by atoms with van der Waals surface area (Å²) in [6, 6.07) is 4.33. The van der Waals surface area contributed by atoms with Crippen molar-refractivity contribution < 1.29 is 24.0 Å². The molecule has 2 aromatic rings. The number of nitrogens with zero attached hydrogens (tertiary/aromatic N) is 2. The van der Waals surface area contributed by atoms with Gasteiger partial charge in [0.15, 0.2) is 5.82 Å². The number of para-hydroxylation sites is 1. The van der Waals surface area contributed by atoms with Crippen molar-refractivity contribution in [2.75, 3.05) is 0 Å². The molecule has 0 aliphatic heterocycles. The van der Waals surface area contributed by atoms with Gasteiger partial charge in [-0.15, -0.1) is 0 Å². The van der Waals surface area contributed by atoms with E-state index in [4.69, 9.17) is 9.84 Å². The van der Waals surface area contributed by atoms with Gasteiger partial charge in [-0.3, -0.25) is 15.1 Å². The molecule has 0 radical (unpaired) electrons. The van der Waals surface area contributed by atoms with Crippen molar-refractivity contribution in [1.82, 2.24) is 4.98 Å². The van der Waals surface area contributed by atoms with E-state index >= 15 is 0 Å². The first kappa shape index (κ1) is 13.4. The Morgan fingerprint density at radius 2 is 2.15 bits per heavy atom. The number of nitro benzene ring substituents is 1. The Bertz CT molecular complexity index is 689. The predicted molar refractivity (Wildman–Crippen MR) is 64.3 cm³/mol. The van der Waals surface area contributed by atoms with Crippen LogP contribution in [0.15, 0.2) is 36.7 Å². The first-order valence-corrected chi connectivity index (χ1v) is 5.28. The van der Waals surface area contributed by atoms with Crippen molar-refractivity contribution in [1.29, 1.82) is 0 Å². The Balaban J connectivity index is 2.42. The Labute approximate surface area is 111 Å². The quantitative estimate of drug-likeness (QED) is 0.681. The summed E-state index contributed by atoms with van der Waals surface area (Å²) in [5, 5.41) is 19.6. The molecule has 0 aliphatic carbocycles. The number of pyridine rings is 1. The largest absolute Gasteiger partial charge is 0.478 e. The van der Waals surface area contributed by atoms with Crippen LogP contribution in [0.4, 0.5) is 10.1 Å². The minimum Gasteiger partial charge on any atom is -0.478 e. The smallest absolute Gasteiger partial charge is 0.337 e. The van der Waals surface area contributed by atoms with Gasteiger partial charge in [0.05, 0.1) is 16.7 Å². The summed E-state index contributed by atoms with van der Waals surface area (Å²) < 4.78 is 18.6. The number of rotatable bonds is 4. The Morgan fingerprint density at radius 1 is 1.40 bits per heavy atom. The van der Waals surface area contributed by atoms with E-state index in [1.54, 1.807) is 0 Å². The number of hydrogen-bond donors (Lipinski definition) is 1. The van der Waals surface area contributed by atoms with Gasteiger partial charge in [0, 0.05) is 12.3 Å². The Hall–Kier alpha value is -3.03. The van der Waals surface area contributed by atoms with Crippen LogP contribution >= 0.6 is 0 Å². The van der Waals surface area contributed by atoms with Gasteiger partial charge in [0.2, 0.25) is 5.75 Å². The molecule has 102 valence electrons. The number of carboxylic acids is 1. The van der Waals surface area contributed by atoms with E-state index < -0.39 is 28.1 Å². The summed E-state index contributed by atoms with van der Waals surface area (Å²) in [5.41, 5.74) is -0.743. The Kier molecular flexibility index (Phi) is 3.56. The standard InChI is InChI=1S/C12H7FN2O5/c13-9-2-1-3-10(15(18)19)11(9)20-8-4-7(12(16)17)5-14-6-8/h1-6H,(H,16,17). The molecular formula is C12H7FN2O5. The molecule has 0 saturated heterocycles. The number of nitro groups is 1. The molecule has 0 saturated carbocycles. The third kappa shape index (κ3) is 2.69. The highest BCUT2D eigenvalue weighted by molar-refractivity contribution is 5.87. The second kappa shape index (κ2) is 5.31. The van der Waals surface area contributed by atoms with Crippen LogP contribution in [0.2, 0.25) is 0 Å². The number of aromatic carboxylic acids is 1. The molecule has 1 N–H and O–H groups in total. The third-order valence-corrected chi connectivity index (χ3v) is 2.32. The molecule has 0 fully saturated rings. The van der Waals surface area contributed by atoms with E-state index in [1.165, 1.54) is 6.07 Å². The van der Waals surface area contributed by atoms with Crippen molar-refractivity contribution in [3.05, 3.63) is 58.2 Å². The molecule has 1 aromatic carbocycles. The summed E-state index contributed by atoms with van der Waals surface area (Å²) in [7, 11) is 0. The van der Waals surface area contributed by atoms with Crippen LogP contribution in [0.5, 0.6) is 11.5 Å². The highest BCUT2D eigenvalue weighted by atomic mass is 19.1. The van der Waals surface area contributed by atoms with Gasteiger partial charge in [-0.2, -0.15) is 0 Å². The highest BCUT2D eigenvalue weighted by Gasteiger charge is 2.20. The highest BCUT2D eigenvalue weighted by Crippen LogP contribution is 2.33. The molecule has 7 nitrogen and oxygen atoms in total.